The highest BCUT2D eigenvalue weighted by atomic mass is 32.1. The summed E-state index contributed by atoms with van der Waals surface area (Å²) in [5, 5.41) is 4.03. The second kappa shape index (κ2) is 9.91. The molecule has 0 spiro atoms. The normalized spacial score (nSPS) is 22.6. The quantitative estimate of drug-likeness (QED) is 0.529. The molecule has 37 heavy (non-hydrogen) atoms. The average Bonchev–Trinajstić information content (AvgIpc) is 3.41. The molecular formula is C29H32N4O3S. The lowest BCUT2D eigenvalue weighted by molar-refractivity contribution is 0.0684. The zero-order valence-corrected chi connectivity index (χ0v) is 22.1. The van der Waals surface area contributed by atoms with Crippen LogP contribution in [0, 0.1) is 19.8 Å². The molecule has 0 radical (unpaired) electrons. The van der Waals surface area contributed by atoms with E-state index in [9.17, 15) is 9.59 Å². The number of nitrogens with one attached hydrogen (secondary N) is 1. The summed E-state index contributed by atoms with van der Waals surface area (Å²) in [6.07, 6.45) is 1.96. The van der Waals surface area contributed by atoms with Gasteiger partial charge in [-0.1, -0.05) is 42.0 Å². The second-order valence-corrected chi connectivity index (χ2v) is 11.5. The fourth-order valence-electron chi connectivity index (χ4n) is 5.79. The highest BCUT2D eigenvalue weighted by Gasteiger charge is 2.54. The monoisotopic (exact) mass is 516 g/mol. The second-order valence-electron chi connectivity index (χ2n) is 10.3. The van der Waals surface area contributed by atoms with E-state index in [0.717, 1.165) is 52.6 Å². The number of piperidine rings is 1. The van der Waals surface area contributed by atoms with Gasteiger partial charge in [0.25, 0.3) is 11.8 Å². The molecular weight excluding hydrogens is 484 g/mol. The number of anilines is 1. The van der Waals surface area contributed by atoms with Crippen LogP contribution >= 0.6 is 11.3 Å². The molecule has 3 aromatic rings. The molecule has 1 N–H and O–H groups in total. The molecule has 3 fully saturated rings. The van der Waals surface area contributed by atoms with Gasteiger partial charge in [0.15, 0.2) is 0 Å². The number of benzene rings is 2. The number of nitrogens with zero attached hydrogens (tertiary/aromatic N) is 3. The summed E-state index contributed by atoms with van der Waals surface area (Å²) >= 11 is 1.57. The number of aryl methyl sites for hydroxylation is 2. The van der Waals surface area contributed by atoms with Crippen molar-refractivity contribution in [3.05, 3.63) is 70.4 Å². The minimum absolute atomic E-state index is 0.0150. The maximum atomic E-state index is 13.9. The first-order valence-corrected chi connectivity index (χ1v) is 13.9. The van der Waals surface area contributed by atoms with Crippen molar-refractivity contribution in [2.75, 3.05) is 37.7 Å². The van der Waals surface area contributed by atoms with Crippen LogP contribution in [0.2, 0.25) is 0 Å². The van der Waals surface area contributed by atoms with Crippen molar-refractivity contribution >= 4 is 28.8 Å². The van der Waals surface area contributed by atoms with E-state index < -0.39 is 0 Å². The van der Waals surface area contributed by atoms with Crippen LogP contribution in [0.4, 0.5) is 5.69 Å². The number of carbonyl (C=O) groups excluding carboxylic acids is 2. The predicted molar refractivity (Wildman–Crippen MR) is 145 cm³/mol. The summed E-state index contributed by atoms with van der Waals surface area (Å²) in [4.78, 5) is 37.0. The van der Waals surface area contributed by atoms with Crippen molar-refractivity contribution in [3.63, 3.8) is 0 Å². The fourth-order valence-corrected chi connectivity index (χ4v) is 6.69. The summed E-state index contributed by atoms with van der Waals surface area (Å²) in [7, 11) is 0. The Labute approximate surface area is 221 Å². The number of rotatable bonds is 6. The molecule has 3 atom stereocenters. The smallest absolute Gasteiger partial charge is 0.274 e. The molecule has 2 aliphatic heterocycles. The number of thiazole rings is 1. The lowest BCUT2D eigenvalue weighted by atomic mass is 10.1. The Morgan fingerprint density at radius 2 is 1.89 bits per heavy atom. The molecule has 1 aromatic heterocycles. The molecule has 2 amide bonds. The van der Waals surface area contributed by atoms with E-state index in [1.807, 2.05) is 48.2 Å². The zero-order valence-electron chi connectivity index (χ0n) is 21.3. The van der Waals surface area contributed by atoms with Crippen LogP contribution in [0.25, 0.3) is 10.4 Å². The van der Waals surface area contributed by atoms with Gasteiger partial charge in [-0.2, -0.15) is 0 Å². The van der Waals surface area contributed by atoms with Gasteiger partial charge in [0.2, 0.25) is 0 Å². The van der Waals surface area contributed by atoms with Crippen LogP contribution < -0.4 is 10.2 Å². The Bertz CT molecular complexity index is 1330. The van der Waals surface area contributed by atoms with Crippen LogP contribution in [-0.2, 0) is 4.74 Å². The number of likely N-dealkylation sites (tertiary alicyclic amines) is 1. The molecule has 0 bridgehead atoms. The number of morpholine rings is 1. The highest BCUT2D eigenvalue weighted by molar-refractivity contribution is 7.15. The van der Waals surface area contributed by atoms with Gasteiger partial charge >= 0.3 is 0 Å². The van der Waals surface area contributed by atoms with Crippen LogP contribution in [0.1, 0.15) is 44.3 Å². The fraction of sp³-hybridized carbons (Fsp3) is 0.414. The van der Waals surface area contributed by atoms with Gasteiger partial charge in [0.05, 0.1) is 34.7 Å². The number of hydrogen-bond acceptors (Lipinski definition) is 6. The number of fused-ring (bicyclic) bond motifs is 1. The lowest BCUT2D eigenvalue weighted by Gasteiger charge is -2.31. The minimum atomic E-state index is -0.0972. The molecule has 1 aliphatic carbocycles. The van der Waals surface area contributed by atoms with Crippen LogP contribution in [-0.4, -0.2) is 66.6 Å². The summed E-state index contributed by atoms with van der Waals surface area (Å²) in [6, 6.07) is 16.2. The van der Waals surface area contributed by atoms with Gasteiger partial charge in [0.1, 0.15) is 5.69 Å². The van der Waals surface area contributed by atoms with E-state index in [1.165, 1.54) is 0 Å². The number of carbonyl (C=O) groups is 2. The molecule has 6 rings (SSSR count). The van der Waals surface area contributed by atoms with Gasteiger partial charge in [-0.15, -0.1) is 11.3 Å². The van der Waals surface area contributed by atoms with Crippen LogP contribution in [0.3, 0.4) is 0 Å². The van der Waals surface area contributed by atoms with E-state index in [2.05, 4.69) is 34.3 Å². The Kier molecular flexibility index (Phi) is 6.46. The Balaban J connectivity index is 1.19. The number of aromatic nitrogens is 1. The zero-order chi connectivity index (χ0) is 25.5. The molecule has 1 unspecified atom stereocenters. The van der Waals surface area contributed by atoms with Crippen molar-refractivity contribution in [2.45, 2.75) is 38.8 Å². The lowest BCUT2D eigenvalue weighted by Crippen LogP contribution is -2.45. The molecule has 3 aliphatic rings. The van der Waals surface area contributed by atoms with E-state index in [-0.39, 0.29) is 23.9 Å². The molecule has 1 saturated carbocycles. The van der Waals surface area contributed by atoms with Gasteiger partial charge in [-0.3, -0.25) is 9.59 Å². The highest BCUT2D eigenvalue weighted by Crippen LogP contribution is 2.49. The van der Waals surface area contributed by atoms with Gasteiger partial charge in [-0.25, -0.2) is 4.98 Å². The van der Waals surface area contributed by atoms with Crippen LogP contribution in [0.5, 0.6) is 0 Å². The maximum Gasteiger partial charge on any atom is 0.274 e. The Morgan fingerprint density at radius 3 is 2.70 bits per heavy atom. The van der Waals surface area contributed by atoms with Crippen molar-refractivity contribution < 1.29 is 14.3 Å². The summed E-state index contributed by atoms with van der Waals surface area (Å²) in [6.45, 7) is 7.33. The topological polar surface area (TPSA) is 74.8 Å². The SMILES string of the molecule is Cc1cccc(-c2sc(C)nc2C(=O)N2C3C[C@H]3C[C@H]2CNC(=O)c2ccccc2N2CCOCC2)c1. The number of amides is 2. The predicted octanol–water partition coefficient (Wildman–Crippen LogP) is 4.30. The summed E-state index contributed by atoms with van der Waals surface area (Å²) in [5.41, 5.74) is 4.33. The Morgan fingerprint density at radius 1 is 1.08 bits per heavy atom. The largest absolute Gasteiger partial charge is 0.378 e. The van der Waals surface area contributed by atoms with Crippen LogP contribution in [0.15, 0.2) is 48.5 Å². The summed E-state index contributed by atoms with van der Waals surface area (Å²) < 4.78 is 5.48. The van der Waals surface area contributed by atoms with Crippen molar-refractivity contribution in [3.8, 4) is 10.4 Å². The minimum Gasteiger partial charge on any atom is -0.378 e. The third-order valence-electron chi connectivity index (χ3n) is 7.66. The standard InChI is InChI=1S/C29H32N4O3S/c1-18-6-5-7-20(14-18)27-26(31-19(2)37-27)29(35)33-22(15-21-16-25(21)33)17-30-28(34)23-8-3-4-9-24(23)32-10-12-36-13-11-32/h3-9,14,21-22,25H,10-13,15-17H2,1-2H3,(H,30,34)/t21-,22+,25?/m1/s1. The Hall–Kier alpha value is -3.23. The average molecular weight is 517 g/mol. The molecule has 8 heteroatoms. The first kappa shape index (κ1) is 24.1. The third kappa shape index (κ3) is 4.76. The number of hydrogen-bond donors (Lipinski definition) is 1. The molecule has 7 nitrogen and oxygen atoms in total. The molecule has 3 heterocycles. The van der Waals surface area contributed by atoms with Gasteiger partial charge in [-0.05, 0) is 50.3 Å². The van der Waals surface area contributed by atoms with E-state index in [1.54, 1.807) is 11.3 Å². The van der Waals surface area contributed by atoms with Crippen molar-refractivity contribution in [2.24, 2.45) is 5.92 Å². The van der Waals surface area contributed by atoms with Crippen molar-refractivity contribution in [1.29, 1.82) is 0 Å². The van der Waals surface area contributed by atoms with Gasteiger partial charge in [0, 0.05) is 31.4 Å². The summed E-state index contributed by atoms with van der Waals surface area (Å²) in [5.74, 6) is 0.410. The molecule has 2 saturated heterocycles. The third-order valence-corrected chi connectivity index (χ3v) is 8.68. The van der Waals surface area contributed by atoms with Crippen molar-refractivity contribution in [1.82, 2.24) is 15.2 Å². The first-order valence-electron chi connectivity index (χ1n) is 13.1. The molecule has 192 valence electrons. The first-order chi connectivity index (χ1) is 18.0. The van der Waals surface area contributed by atoms with E-state index in [0.29, 0.717) is 36.9 Å². The number of ether oxygens (including phenoxy) is 1. The van der Waals surface area contributed by atoms with E-state index >= 15 is 0 Å². The van der Waals surface area contributed by atoms with Gasteiger partial charge < -0.3 is 19.9 Å². The maximum absolute atomic E-state index is 13.9. The van der Waals surface area contributed by atoms with E-state index in [4.69, 9.17) is 4.74 Å². The molecule has 2 aromatic carbocycles. The number of para-hydroxylation sites is 1.